The number of amides is 1. The van der Waals surface area contributed by atoms with Crippen molar-refractivity contribution in [2.45, 2.75) is 62.6 Å². The number of anilines is 1. The van der Waals surface area contributed by atoms with Gasteiger partial charge in [-0.05, 0) is 50.2 Å². The summed E-state index contributed by atoms with van der Waals surface area (Å²) in [5.74, 6) is -2.04. The van der Waals surface area contributed by atoms with Crippen LogP contribution in [0.3, 0.4) is 0 Å². The van der Waals surface area contributed by atoms with Crippen LogP contribution in [0, 0.1) is 11.8 Å². The molecular formula is C29H32ClF3N4O5. The third kappa shape index (κ3) is 4.76. The second-order valence-corrected chi connectivity index (χ2v) is 12.3. The number of aromatic nitrogens is 2. The Morgan fingerprint density at radius 2 is 1.79 bits per heavy atom. The Bertz CT molecular complexity index is 1420. The number of carboxylic acids is 1. The summed E-state index contributed by atoms with van der Waals surface area (Å²) in [7, 11) is 1.60. The molecule has 2 saturated heterocycles. The molecule has 3 heterocycles. The van der Waals surface area contributed by atoms with E-state index < -0.39 is 35.3 Å². The zero-order valence-corrected chi connectivity index (χ0v) is 23.9. The maximum atomic E-state index is 14.2. The quantitative estimate of drug-likeness (QED) is 0.527. The molecule has 6 rings (SSSR count). The topological polar surface area (TPSA) is 105 Å². The molecule has 0 radical (unpaired) electrons. The standard InChI is InChI=1S/C29H32ClF3N4O5/c1-42-18-14-36(15-18)25(38)17-5-6-19-22(13-17)37(34-24(19)35-11-7-16(8-12-35)27(40)41)26(39)23-20(3-2-4-21(23)30)28(9-10-28)29(31,32)33/h2-4,16-18H,5-15H2,1H3,(H,40,41). The maximum Gasteiger partial charge on any atom is 0.398 e. The van der Waals surface area contributed by atoms with Crippen molar-refractivity contribution < 1.29 is 37.4 Å². The van der Waals surface area contributed by atoms with Crippen LogP contribution >= 0.6 is 11.6 Å². The van der Waals surface area contributed by atoms with Crippen molar-refractivity contribution in [2.24, 2.45) is 11.8 Å². The fourth-order valence-corrected chi connectivity index (χ4v) is 6.92. The number of rotatable bonds is 6. The number of alkyl halides is 3. The Morgan fingerprint density at radius 1 is 1.10 bits per heavy atom. The molecule has 0 spiro atoms. The molecule has 1 N–H and O–H groups in total. The molecule has 1 aromatic carbocycles. The number of carbonyl (C=O) groups is 3. The van der Waals surface area contributed by atoms with Crippen molar-refractivity contribution in [3.63, 3.8) is 0 Å². The molecule has 42 heavy (non-hydrogen) atoms. The Kier molecular flexibility index (Phi) is 7.28. The first-order valence-electron chi connectivity index (χ1n) is 14.3. The zero-order chi connectivity index (χ0) is 30.0. The molecule has 13 heteroatoms. The molecule has 0 bridgehead atoms. The van der Waals surface area contributed by atoms with Gasteiger partial charge in [-0.2, -0.15) is 17.9 Å². The van der Waals surface area contributed by atoms with Crippen molar-refractivity contribution >= 4 is 35.2 Å². The predicted molar refractivity (Wildman–Crippen MR) is 146 cm³/mol. The lowest BCUT2D eigenvalue weighted by molar-refractivity contribution is -0.160. The predicted octanol–water partition coefficient (Wildman–Crippen LogP) is 4.08. The largest absolute Gasteiger partial charge is 0.481 e. The van der Waals surface area contributed by atoms with Gasteiger partial charge in [-0.15, -0.1) is 5.10 Å². The number of fused-ring (bicyclic) bond motifs is 1. The van der Waals surface area contributed by atoms with Crippen molar-refractivity contribution in [3.05, 3.63) is 45.6 Å². The smallest absolute Gasteiger partial charge is 0.398 e. The van der Waals surface area contributed by atoms with E-state index in [0.29, 0.717) is 63.4 Å². The van der Waals surface area contributed by atoms with Crippen LogP contribution in [0.15, 0.2) is 18.2 Å². The van der Waals surface area contributed by atoms with Gasteiger partial charge in [0.25, 0.3) is 5.91 Å². The van der Waals surface area contributed by atoms with Crippen LogP contribution in [-0.4, -0.2) is 83.1 Å². The molecule has 1 amide bonds. The molecule has 4 aliphatic rings. The second-order valence-electron chi connectivity index (χ2n) is 11.8. The van der Waals surface area contributed by atoms with Gasteiger partial charge >= 0.3 is 12.1 Å². The van der Waals surface area contributed by atoms with E-state index in [1.54, 1.807) is 12.0 Å². The number of carbonyl (C=O) groups excluding carboxylic acids is 2. The van der Waals surface area contributed by atoms with Gasteiger partial charge in [0.05, 0.1) is 33.7 Å². The summed E-state index contributed by atoms with van der Waals surface area (Å²) in [6.07, 6.45) is -2.82. The average Bonchev–Trinajstić information content (AvgIpc) is 3.68. The number of ether oxygens (including phenoxy) is 1. The summed E-state index contributed by atoms with van der Waals surface area (Å²) in [6.45, 7) is 1.81. The highest BCUT2D eigenvalue weighted by Gasteiger charge is 2.65. The van der Waals surface area contributed by atoms with Crippen LogP contribution in [0.2, 0.25) is 5.02 Å². The Balaban J connectivity index is 1.38. The van der Waals surface area contributed by atoms with Crippen LogP contribution in [0.4, 0.5) is 19.0 Å². The molecule has 2 aliphatic heterocycles. The van der Waals surface area contributed by atoms with E-state index in [4.69, 9.17) is 16.3 Å². The lowest BCUT2D eigenvalue weighted by Gasteiger charge is -2.40. The summed E-state index contributed by atoms with van der Waals surface area (Å²) in [6, 6.07) is 4.14. The van der Waals surface area contributed by atoms with Crippen LogP contribution in [-0.2, 0) is 32.6 Å². The lowest BCUT2D eigenvalue weighted by atomic mass is 9.85. The van der Waals surface area contributed by atoms with Gasteiger partial charge < -0.3 is 19.6 Å². The fraction of sp³-hybridized carbons (Fsp3) is 0.586. The minimum absolute atomic E-state index is 0.0115. The number of carboxylic acid groups (broad SMARTS) is 1. The third-order valence-corrected chi connectivity index (χ3v) is 9.78. The molecule has 1 saturated carbocycles. The number of hydrogen-bond acceptors (Lipinski definition) is 6. The van der Waals surface area contributed by atoms with Crippen LogP contribution in [0.1, 0.15) is 59.3 Å². The van der Waals surface area contributed by atoms with E-state index in [2.05, 4.69) is 5.10 Å². The van der Waals surface area contributed by atoms with Crippen molar-refractivity contribution in [2.75, 3.05) is 38.2 Å². The second kappa shape index (κ2) is 10.6. The highest BCUT2D eigenvalue weighted by Crippen LogP contribution is 2.60. The number of piperidine rings is 1. The average molecular weight is 609 g/mol. The summed E-state index contributed by atoms with van der Waals surface area (Å²) in [5, 5.41) is 14.0. The SMILES string of the molecule is COC1CN(C(=O)C2CCc3c(N4CCC(C(=O)O)CC4)nn(C(=O)c4c(Cl)cccc4C4(C(F)(F)F)CC4)c3C2)C1. The molecule has 9 nitrogen and oxygen atoms in total. The van der Waals surface area contributed by atoms with Crippen LogP contribution < -0.4 is 4.90 Å². The number of aliphatic carboxylic acids is 1. The number of benzene rings is 1. The zero-order valence-electron chi connectivity index (χ0n) is 23.1. The van der Waals surface area contributed by atoms with Gasteiger partial charge in [-0.3, -0.25) is 14.4 Å². The fourth-order valence-electron chi connectivity index (χ4n) is 6.67. The molecule has 2 aliphatic carbocycles. The van der Waals surface area contributed by atoms with Gasteiger partial charge in [0.15, 0.2) is 5.82 Å². The van der Waals surface area contributed by atoms with E-state index in [0.717, 1.165) is 10.2 Å². The van der Waals surface area contributed by atoms with Crippen molar-refractivity contribution in [1.82, 2.24) is 14.7 Å². The number of nitrogens with zero attached hydrogens (tertiary/aromatic N) is 4. The van der Waals surface area contributed by atoms with Gasteiger partial charge in [0.2, 0.25) is 5.91 Å². The summed E-state index contributed by atoms with van der Waals surface area (Å²) in [4.78, 5) is 42.7. The summed E-state index contributed by atoms with van der Waals surface area (Å²) >= 11 is 6.45. The van der Waals surface area contributed by atoms with E-state index in [1.807, 2.05) is 4.90 Å². The maximum absolute atomic E-state index is 14.2. The summed E-state index contributed by atoms with van der Waals surface area (Å²) < 4.78 is 49.0. The first-order valence-corrected chi connectivity index (χ1v) is 14.6. The molecule has 3 fully saturated rings. The molecule has 226 valence electrons. The molecular weight excluding hydrogens is 577 g/mol. The van der Waals surface area contributed by atoms with Crippen molar-refractivity contribution in [1.29, 1.82) is 0 Å². The van der Waals surface area contributed by atoms with Gasteiger partial charge in [0, 0.05) is 51.2 Å². The Hall–Kier alpha value is -3.12. The Labute approximate surface area is 245 Å². The van der Waals surface area contributed by atoms with Gasteiger partial charge in [0.1, 0.15) is 0 Å². The highest BCUT2D eigenvalue weighted by atomic mass is 35.5. The molecule has 2 aromatic rings. The van der Waals surface area contributed by atoms with E-state index in [1.165, 1.54) is 18.2 Å². The number of likely N-dealkylation sites (tertiary alicyclic amines) is 1. The van der Waals surface area contributed by atoms with E-state index in [9.17, 15) is 32.7 Å². The number of hydrogen-bond donors (Lipinski definition) is 1. The Morgan fingerprint density at radius 3 is 2.38 bits per heavy atom. The minimum Gasteiger partial charge on any atom is -0.481 e. The van der Waals surface area contributed by atoms with E-state index >= 15 is 0 Å². The minimum atomic E-state index is -4.55. The number of methoxy groups -OCH3 is 1. The van der Waals surface area contributed by atoms with E-state index in [-0.39, 0.29) is 47.4 Å². The van der Waals surface area contributed by atoms with Crippen LogP contribution in [0.5, 0.6) is 0 Å². The summed E-state index contributed by atoms with van der Waals surface area (Å²) in [5.41, 5.74) is -1.26. The van der Waals surface area contributed by atoms with Crippen LogP contribution in [0.25, 0.3) is 0 Å². The number of halogens is 4. The first-order chi connectivity index (χ1) is 19.9. The third-order valence-electron chi connectivity index (χ3n) is 9.47. The van der Waals surface area contributed by atoms with Crippen molar-refractivity contribution in [3.8, 4) is 0 Å². The molecule has 1 unspecified atom stereocenters. The molecule has 1 aromatic heterocycles. The van der Waals surface area contributed by atoms with Gasteiger partial charge in [-0.1, -0.05) is 23.7 Å². The molecule has 1 atom stereocenters. The monoisotopic (exact) mass is 608 g/mol. The first kappa shape index (κ1) is 29.0. The van der Waals surface area contributed by atoms with Gasteiger partial charge in [-0.25, -0.2) is 0 Å². The highest BCUT2D eigenvalue weighted by molar-refractivity contribution is 6.34. The normalized spacial score (nSPS) is 22.5. The lowest BCUT2D eigenvalue weighted by Crippen LogP contribution is -2.56.